The van der Waals surface area contributed by atoms with Crippen molar-refractivity contribution in [2.24, 2.45) is 5.92 Å². The van der Waals surface area contributed by atoms with Crippen molar-refractivity contribution in [2.45, 2.75) is 25.3 Å². The second kappa shape index (κ2) is 9.01. The molecule has 0 bridgehead atoms. The van der Waals surface area contributed by atoms with E-state index in [0.717, 1.165) is 32.4 Å². The van der Waals surface area contributed by atoms with Crippen molar-refractivity contribution in [3.8, 4) is 0 Å². The molecule has 2 fully saturated rings. The van der Waals surface area contributed by atoms with E-state index >= 15 is 0 Å². The number of rotatable bonds is 3. The number of carbonyl (C=O) groups is 2. The third-order valence-corrected chi connectivity index (χ3v) is 4.60. The smallest absolute Gasteiger partial charge is 0.321 e. The first-order valence-corrected chi connectivity index (χ1v) is 8.45. The summed E-state index contributed by atoms with van der Waals surface area (Å²) in [6.07, 6.45) is 2.48. The van der Waals surface area contributed by atoms with E-state index in [-0.39, 0.29) is 42.0 Å². The maximum atomic E-state index is 13.6. The Labute approximate surface area is 152 Å². The van der Waals surface area contributed by atoms with Crippen molar-refractivity contribution in [3.63, 3.8) is 0 Å². The van der Waals surface area contributed by atoms with Crippen LogP contribution >= 0.6 is 12.4 Å². The molecule has 0 aromatic heterocycles. The Morgan fingerprint density at radius 3 is 2.76 bits per heavy atom. The van der Waals surface area contributed by atoms with E-state index in [1.54, 1.807) is 17.0 Å². The molecule has 3 N–H and O–H groups in total. The van der Waals surface area contributed by atoms with Crippen LogP contribution in [0.1, 0.15) is 19.3 Å². The molecule has 2 saturated heterocycles. The summed E-state index contributed by atoms with van der Waals surface area (Å²) in [7, 11) is 0. The van der Waals surface area contributed by atoms with Crippen LogP contribution in [-0.2, 0) is 4.79 Å². The molecule has 2 atom stereocenters. The first kappa shape index (κ1) is 19.5. The van der Waals surface area contributed by atoms with Gasteiger partial charge in [-0.05, 0) is 37.9 Å². The Kier molecular flexibility index (Phi) is 7.01. The van der Waals surface area contributed by atoms with Gasteiger partial charge in [-0.15, -0.1) is 12.4 Å². The fraction of sp³-hybridized carbons (Fsp3) is 0.529. The fourth-order valence-corrected chi connectivity index (χ4v) is 3.23. The zero-order valence-corrected chi connectivity index (χ0v) is 14.8. The van der Waals surface area contributed by atoms with Gasteiger partial charge in [0.05, 0.1) is 11.6 Å². The fourth-order valence-electron chi connectivity index (χ4n) is 3.23. The van der Waals surface area contributed by atoms with Gasteiger partial charge in [-0.1, -0.05) is 12.1 Å². The molecule has 25 heavy (non-hydrogen) atoms. The lowest BCUT2D eigenvalue weighted by atomic mass is 9.97. The van der Waals surface area contributed by atoms with Crippen LogP contribution in [0.15, 0.2) is 24.3 Å². The quantitative estimate of drug-likeness (QED) is 0.761. The second-order valence-corrected chi connectivity index (χ2v) is 6.39. The van der Waals surface area contributed by atoms with Gasteiger partial charge >= 0.3 is 6.03 Å². The third-order valence-electron chi connectivity index (χ3n) is 4.60. The largest absolute Gasteiger partial charge is 0.352 e. The lowest BCUT2D eigenvalue weighted by molar-refractivity contribution is -0.126. The summed E-state index contributed by atoms with van der Waals surface area (Å²) in [5, 5.41) is 8.85. The maximum Gasteiger partial charge on any atom is 0.321 e. The van der Waals surface area contributed by atoms with Crippen LogP contribution < -0.4 is 16.0 Å². The lowest BCUT2D eigenvalue weighted by Crippen LogP contribution is -2.49. The molecule has 6 nitrogen and oxygen atoms in total. The van der Waals surface area contributed by atoms with Gasteiger partial charge in [0.25, 0.3) is 0 Å². The number of carbonyl (C=O) groups excluding carboxylic acids is 2. The third kappa shape index (κ3) is 5.06. The minimum absolute atomic E-state index is 0. The molecular formula is C17H24ClFN4O2. The van der Waals surface area contributed by atoms with Gasteiger partial charge in [0.1, 0.15) is 5.82 Å². The Morgan fingerprint density at radius 1 is 1.24 bits per heavy atom. The Balaban J connectivity index is 0.00000225. The normalized spacial score (nSPS) is 22.8. The number of halogens is 2. The number of nitrogens with one attached hydrogen (secondary N) is 3. The Morgan fingerprint density at radius 2 is 2.04 bits per heavy atom. The van der Waals surface area contributed by atoms with Crippen molar-refractivity contribution >= 4 is 30.0 Å². The minimum Gasteiger partial charge on any atom is -0.352 e. The summed E-state index contributed by atoms with van der Waals surface area (Å²) in [5.74, 6) is -0.663. The van der Waals surface area contributed by atoms with Gasteiger partial charge in [-0.3, -0.25) is 4.79 Å². The number of benzene rings is 1. The van der Waals surface area contributed by atoms with Crippen LogP contribution in [0.5, 0.6) is 0 Å². The number of piperidine rings is 1. The maximum absolute atomic E-state index is 13.6. The van der Waals surface area contributed by atoms with Gasteiger partial charge in [-0.2, -0.15) is 0 Å². The molecule has 0 spiro atoms. The van der Waals surface area contributed by atoms with Crippen molar-refractivity contribution < 1.29 is 14.0 Å². The van der Waals surface area contributed by atoms with Crippen molar-refractivity contribution in [2.75, 3.05) is 31.5 Å². The number of hydrogen-bond acceptors (Lipinski definition) is 3. The molecule has 138 valence electrons. The van der Waals surface area contributed by atoms with Gasteiger partial charge in [0.15, 0.2) is 0 Å². The first-order valence-electron chi connectivity index (χ1n) is 8.45. The van der Waals surface area contributed by atoms with Crippen LogP contribution in [0.4, 0.5) is 14.9 Å². The molecule has 0 aliphatic carbocycles. The number of nitrogens with zero attached hydrogens (tertiary/aromatic N) is 1. The molecule has 2 aliphatic rings. The standard InChI is InChI=1S/C17H23FN4O2.ClH/c18-14-5-1-2-6-15(14)21-17(24)22-9-3-4-12(11-22)16(23)20-13-7-8-19-10-13;/h1-2,5-6,12-13,19H,3-4,7-11H2,(H,20,23)(H,21,24);1H. The van der Waals surface area contributed by atoms with Crippen molar-refractivity contribution in [3.05, 3.63) is 30.1 Å². The summed E-state index contributed by atoms with van der Waals surface area (Å²) in [4.78, 5) is 26.3. The summed E-state index contributed by atoms with van der Waals surface area (Å²) in [6, 6.07) is 5.89. The average molecular weight is 371 g/mol. The van der Waals surface area contributed by atoms with Crippen LogP contribution in [0.25, 0.3) is 0 Å². The number of hydrogen-bond donors (Lipinski definition) is 3. The van der Waals surface area contributed by atoms with Crippen molar-refractivity contribution in [1.82, 2.24) is 15.5 Å². The Bertz CT molecular complexity index is 610. The Hall–Kier alpha value is -1.86. The molecule has 0 saturated carbocycles. The minimum atomic E-state index is -0.467. The van der Waals surface area contributed by atoms with E-state index in [0.29, 0.717) is 13.1 Å². The summed E-state index contributed by atoms with van der Waals surface area (Å²) < 4.78 is 13.6. The van der Waals surface area contributed by atoms with Crippen LogP contribution in [0.2, 0.25) is 0 Å². The summed E-state index contributed by atoms with van der Waals surface area (Å²) in [5.41, 5.74) is 0.158. The molecule has 3 amide bonds. The molecular weight excluding hydrogens is 347 g/mol. The average Bonchev–Trinajstić information content (AvgIpc) is 3.10. The predicted octanol–water partition coefficient (Wildman–Crippen LogP) is 1.97. The molecule has 8 heteroatoms. The summed E-state index contributed by atoms with van der Waals surface area (Å²) in [6.45, 7) is 2.67. The highest BCUT2D eigenvalue weighted by atomic mass is 35.5. The van der Waals surface area contributed by atoms with Crippen LogP contribution in [0, 0.1) is 11.7 Å². The second-order valence-electron chi connectivity index (χ2n) is 6.39. The molecule has 1 aromatic carbocycles. The number of urea groups is 1. The SMILES string of the molecule is Cl.O=C(NC1CCNC1)C1CCCN(C(=O)Nc2ccccc2F)C1. The number of likely N-dealkylation sites (tertiary alicyclic amines) is 1. The topological polar surface area (TPSA) is 73.5 Å². The van der Waals surface area contributed by atoms with Gasteiger partial charge in [0, 0.05) is 25.7 Å². The van der Waals surface area contributed by atoms with E-state index in [2.05, 4.69) is 16.0 Å². The van der Waals surface area contributed by atoms with Crippen LogP contribution in [-0.4, -0.2) is 49.1 Å². The highest BCUT2D eigenvalue weighted by Gasteiger charge is 2.30. The van der Waals surface area contributed by atoms with Crippen molar-refractivity contribution in [1.29, 1.82) is 0 Å². The van der Waals surface area contributed by atoms with Gasteiger partial charge in [-0.25, -0.2) is 9.18 Å². The lowest BCUT2D eigenvalue weighted by Gasteiger charge is -2.32. The molecule has 2 aliphatic heterocycles. The zero-order valence-electron chi connectivity index (χ0n) is 14.0. The van der Waals surface area contributed by atoms with Gasteiger partial charge < -0.3 is 20.9 Å². The molecule has 0 radical (unpaired) electrons. The van der Waals surface area contributed by atoms with E-state index in [9.17, 15) is 14.0 Å². The molecule has 2 heterocycles. The highest BCUT2D eigenvalue weighted by molar-refractivity contribution is 5.90. The van der Waals surface area contributed by atoms with E-state index in [4.69, 9.17) is 0 Å². The van der Waals surface area contributed by atoms with Crippen LogP contribution in [0.3, 0.4) is 0 Å². The predicted molar refractivity (Wildman–Crippen MR) is 96.4 cm³/mol. The molecule has 1 aromatic rings. The highest BCUT2D eigenvalue weighted by Crippen LogP contribution is 2.19. The van der Waals surface area contributed by atoms with Gasteiger partial charge in [0.2, 0.25) is 5.91 Å². The number of para-hydroxylation sites is 1. The zero-order chi connectivity index (χ0) is 16.9. The van der Waals surface area contributed by atoms with E-state index in [1.165, 1.54) is 12.1 Å². The van der Waals surface area contributed by atoms with E-state index in [1.807, 2.05) is 0 Å². The first-order chi connectivity index (χ1) is 11.6. The monoisotopic (exact) mass is 370 g/mol. The number of anilines is 1. The molecule has 3 rings (SSSR count). The van der Waals surface area contributed by atoms with E-state index < -0.39 is 5.82 Å². The number of amides is 3. The summed E-state index contributed by atoms with van der Waals surface area (Å²) >= 11 is 0. The molecule has 2 unspecified atom stereocenters.